The van der Waals surface area contributed by atoms with Gasteiger partial charge in [0.15, 0.2) is 11.5 Å². The van der Waals surface area contributed by atoms with Crippen molar-refractivity contribution in [3.8, 4) is 0 Å². The van der Waals surface area contributed by atoms with Gasteiger partial charge in [-0.05, 0) is 32.6 Å². The second kappa shape index (κ2) is 18.9. The van der Waals surface area contributed by atoms with Crippen LogP contribution >= 0.6 is 0 Å². The predicted molar refractivity (Wildman–Crippen MR) is 165 cm³/mol. The van der Waals surface area contributed by atoms with E-state index < -0.39 is 35.4 Å². The number of carbonyl (C=O) groups is 4. The molecule has 0 aliphatic carbocycles. The first kappa shape index (κ1) is 37.5. The Balaban J connectivity index is 0.000000883. The molecule has 1 aromatic carbocycles. The second-order valence-electron chi connectivity index (χ2n) is 11.1. The molecule has 1 saturated heterocycles. The van der Waals surface area contributed by atoms with Crippen LogP contribution in [0.4, 0.5) is 0 Å². The van der Waals surface area contributed by atoms with Crippen LogP contribution < -0.4 is 16.0 Å². The maximum Gasteiger partial charge on any atom is 0.274 e. The highest BCUT2D eigenvalue weighted by atomic mass is 16.6. The molecule has 3 N–H and O–H groups in total. The van der Waals surface area contributed by atoms with Crippen LogP contribution in [-0.2, 0) is 23.9 Å². The first-order valence-corrected chi connectivity index (χ1v) is 14.9. The Morgan fingerprint density at radius 3 is 2.12 bits per heavy atom. The minimum atomic E-state index is -0.952. The Bertz CT molecular complexity index is 1140. The molecule has 1 aromatic heterocycles. The number of hydrogen-bond donors (Lipinski definition) is 3. The number of aryl methyl sites for hydroxylation is 1. The molecular formula is C32H50N4O7. The lowest BCUT2D eigenvalue weighted by molar-refractivity contribution is -0.131. The van der Waals surface area contributed by atoms with Gasteiger partial charge in [0.2, 0.25) is 11.8 Å². The van der Waals surface area contributed by atoms with Gasteiger partial charge in [0.1, 0.15) is 17.4 Å². The molecule has 0 bridgehead atoms. The Morgan fingerprint density at radius 2 is 1.65 bits per heavy atom. The second-order valence-corrected chi connectivity index (χ2v) is 11.1. The van der Waals surface area contributed by atoms with Crippen molar-refractivity contribution in [2.24, 2.45) is 5.92 Å². The molecule has 240 valence electrons. The average molecular weight is 603 g/mol. The van der Waals surface area contributed by atoms with Crippen LogP contribution in [0.15, 0.2) is 40.9 Å². The number of nitrogens with one attached hydrogen (secondary N) is 3. The molecule has 0 unspecified atom stereocenters. The molecule has 1 fully saturated rings. The van der Waals surface area contributed by atoms with E-state index in [0.717, 1.165) is 0 Å². The molecular weight excluding hydrogens is 552 g/mol. The molecule has 0 radical (unpaired) electrons. The highest BCUT2D eigenvalue weighted by molar-refractivity contribution is 5.98. The number of benzene rings is 1. The fourth-order valence-electron chi connectivity index (χ4n) is 3.80. The quantitative estimate of drug-likeness (QED) is 0.275. The highest BCUT2D eigenvalue weighted by Gasteiger charge is 2.50. The number of nitrogens with zero attached hydrogens (tertiary/aromatic N) is 1. The Labute approximate surface area is 255 Å². The van der Waals surface area contributed by atoms with Gasteiger partial charge in [0, 0.05) is 25.7 Å². The van der Waals surface area contributed by atoms with E-state index in [0.29, 0.717) is 18.8 Å². The van der Waals surface area contributed by atoms with Crippen molar-refractivity contribution in [1.29, 1.82) is 0 Å². The molecule has 3 amide bonds. The third-order valence-corrected chi connectivity index (χ3v) is 6.38. The van der Waals surface area contributed by atoms with E-state index in [2.05, 4.69) is 40.2 Å². The molecule has 1 aliphatic heterocycles. The molecule has 3 atom stereocenters. The predicted octanol–water partition coefficient (Wildman–Crippen LogP) is 3.96. The summed E-state index contributed by atoms with van der Waals surface area (Å²) in [5, 5.41) is 11.6. The van der Waals surface area contributed by atoms with Crippen molar-refractivity contribution in [3.05, 3.63) is 53.4 Å². The third kappa shape index (κ3) is 13.5. The molecule has 43 heavy (non-hydrogen) atoms. The standard InChI is InChI=1S/C23H36N4O7.C7H8.C2H6/c1-13(2)9-16(20(29)23(5)12-33-23)25-19(28)11-24-21(30)15(7-8-32-6)26-22(31)17-10-18(14(3)4)34-27-17;1-7-5-3-2-4-6-7;1-2/h10,13-16H,7-9,11-12H2,1-6H3,(H,24,30)(H,25,28)(H,26,31);2-6H,1H3;1-2H3/t15-,16-,23+;;/m0../s1. The fraction of sp³-hybridized carbons (Fsp3) is 0.594. The number of aromatic nitrogens is 1. The van der Waals surface area contributed by atoms with Crippen molar-refractivity contribution in [1.82, 2.24) is 21.1 Å². The van der Waals surface area contributed by atoms with Gasteiger partial charge < -0.3 is 29.9 Å². The average Bonchev–Trinajstić information content (AvgIpc) is 3.52. The van der Waals surface area contributed by atoms with E-state index >= 15 is 0 Å². The number of carbonyl (C=O) groups excluding carboxylic acids is 4. The smallest absolute Gasteiger partial charge is 0.274 e. The van der Waals surface area contributed by atoms with Crippen LogP contribution in [-0.4, -0.2) is 73.2 Å². The zero-order valence-electron chi connectivity index (χ0n) is 27.1. The van der Waals surface area contributed by atoms with Crippen LogP contribution in [0.2, 0.25) is 0 Å². The van der Waals surface area contributed by atoms with Gasteiger partial charge in [-0.3, -0.25) is 19.2 Å². The molecule has 11 nitrogen and oxygen atoms in total. The molecule has 0 spiro atoms. The summed E-state index contributed by atoms with van der Waals surface area (Å²) in [7, 11) is 1.48. The van der Waals surface area contributed by atoms with E-state index in [9.17, 15) is 19.2 Å². The topological polar surface area (TPSA) is 152 Å². The summed E-state index contributed by atoms with van der Waals surface area (Å²) in [4.78, 5) is 50.4. The minimum Gasteiger partial charge on any atom is -0.385 e. The molecule has 2 heterocycles. The van der Waals surface area contributed by atoms with E-state index in [-0.39, 0.29) is 42.9 Å². The van der Waals surface area contributed by atoms with Gasteiger partial charge in [-0.25, -0.2) is 0 Å². The number of ether oxygens (including phenoxy) is 2. The summed E-state index contributed by atoms with van der Waals surface area (Å²) < 4.78 is 15.4. The van der Waals surface area contributed by atoms with Gasteiger partial charge in [-0.1, -0.05) is 82.6 Å². The molecule has 11 heteroatoms. The number of ketones is 1. The molecule has 1 aliphatic rings. The molecule has 0 saturated carbocycles. The lowest BCUT2D eigenvalue weighted by Gasteiger charge is -2.22. The van der Waals surface area contributed by atoms with Gasteiger partial charge >= 0.3 is 0 Å². The minimum absolute atomic E-state index is 0.0561. The SMILES string of the molecule is CC.COCC[C@H](NC(=O)c1cc(C(C)C)on1)C(=O)NCC(=O)N[C@@H](CC(C)C)C(=O)[C@@]1(C)CO1.Cc1ccccc1. The van der Waals surface area contributed by atoms with E-state index in [1.165, 1.54) is 18.7 Å². The molecule has 3 rings (SSSR count). The number of epoxide rings is 1. The van der Waals surface area contributed by atoms with E-state index in [4.69, 9.17) is 14.0 Å². The largest absolute Gasteiger partial charge is 0.385 e. The first-order chi connectivity index (χ1) is 20.4. The van der Waals surface area contributed by atoms with Gasteiger partial charge in [0.25, 0.3) is 5.91 Å². The Morgan fingerprint density at radius 1 is 1.02 bits per heavy atom. The van der Waals surface area contributed by atoms with Crippen molar-refractivity contribution >= 4 is 23.5 Å². The summed E-state index contributed by atoms with van der Waals surface area (Å²) in [6.45, 7) is 15.7. The van der Waals surface area contributed by atoms with Crippen LogP contribution in [0.25, 0.3) is 0 Å². The van der Waals surface area contributed by atoms with Crippen LogP contribution in [0, 0.1) is 12.8 Å². The zero-order chi connectivity index (χ0) is 32.6. The maximum absolute atomic E-state index is 12.7. The summed E-state index contributed by atoms with van der Waals surface area (Å²) in [6.07, 6.45) is 0.648. The van der Waals surface area contributed by atoms with Gasteiger partial charge in [0.05, 0.1) is 19.2 Å². The molecule has 2 aromatic rings. The Kier molecular flexibility index (Phi) is 16.4. The maximum atomic E-state index is 12.7. The number of Topliss-reactive ketones (excluding diaryl/α,β-unsaturated/α-hetero) is 1. The third-order valence-electron chi connectivity index (χ3n) is 6.38. The first-order valence-electron chi connectivity index (χ1n) is 14.9. The van der Waals surface area contributed by atoms with Crippen molar-refractivity contribution < 1.29 is 33.2 Å². The zero-order valence-corrected chi connectivity index (χ0v) is 27.1. The fourth-order valence-corrected chi connectivity index (χ4v) is 3.80. The monoisotopic (exact) mass is 602 g/mol. The highest BCUT2D eigenvalue weighted by Crippen LogP contribution is 2.29. The van der Waals surface area contributed by atoms with Crippen molar-refractivity contribution in [3.63, 3.8) is 0 Å². The summed E-state index contributed by atoms with van der Waals surface area (Å²) in [5.41, 5.74) is 0.521. The summed E-state index contributed by atoms with van der Waals surface area (Å²) >= 11 is 0. The van der Waals surface area contributed by atoms with E-state index in [1.807, 2.05) is 59.7 Å². The van der Waals surface area contributed by atoms with Crippen LogP contribution in [0.1, 0.15) is 89.0 Å². The number of hydrogen-bond acceptors (Lipinski definition) is 8. The lowest BCUT2D eigenvalue weighted by Crippen LogP contribution is -2.52. The van der Waals surface area contributed by atoms with Crippen molar-refractivity contribution in [2.75, 3.05) is 26.9 Å². The van der Waals surface area contributed by atoms with E-state index in [1.54, 1.807) is 6.92 Å². The Hall–Kier alpha value is -3.57. The number of amides is 3. The van der Waals surface area contributed by atoms with Crippen LogP contribution in [0.5, 0.6) is 0 Å². The van der Waals surface area contributed by atoms with Gasteiger partial charge in [-0.2, -0.15) is 0 Å². The number of methoxy groups -OCH3 is 1. The normalized spacial score (nSPS) is 16.5. The summed E-state index contributed by atoms with van der Waals surface area (Å²) in [6, 6.07) is 10.1. The van der Waals surface area contributed by atoms with Crippen molar-refractivity contribution in [2.45, 2.75) is 91.8 Å². The number of rotatable bonds is 14. The van der Waals surface area contributed by atoms with Crippen LogP contribution in [0.3, 0.4) is 0 Å². The van der Waals surface area contributed by atoms with Gasteiger partial charge in [-0.15, -0.1) is 0 Å². The summed E-state index contributed by atoms with van der Waals surface area (Å²) in [5.74, 6) is -1.04. The lowest BCUT2D eigenvalue weighted by atomic mass is 9.93.